The average molecular weight is 320 g/mol. The fraction of sp³-hybridized carbons (Fsp3) is 0.588. The second kappa shape index (κ2) is 5.01. The van der Waals surface area contributed by atoms with Crippen LogP contribution in [0.4, 0.5) is 0 Å². The van der Waals surface area contributed by atoms with E-state index >= 15 is 0 Å². The third-order valence-electron chi connectivity index (χ3n) is 4.76. The predicted molar refractivity (Wildman–Crippen MR) is 78.5 cm³/mol. The fourth-order valence-electron chi connectivity index (χ4n) is 3.49. The molecular weight excluding hydrogens is 300 g/mol. The van der Waals surface area contributed by atoms with Gasteiger partial charge >= 0.3 is 5.97 Å². The molecule has 1 aliphatic carbocycles. The maximum Gasteiger partial charge on any atom is 0.338 e. The fourth-order valence-corrected chi connectivity index (χ4v) is 3.49. The molecule has 4 rings (SSSR count). The highest BCUT2D eigenvalue weighted by Crippen LogP contribution is 2.58. The Bertz CT molecular complexity index is 615. The lowest BCUT2D eigenvalue weighted by Gasteiger charge is -2.23. The summed E-state index contributed by atoms with van der Waals surface area (Å²) < 4.78 is 22.6. The summed E-state index contributed by atoms with van der Waals surface area (Å²) in [6.45, 7) is 3.80. The largest absolute Gasteiger partial charge is 0.462 e. The minimum absolute atomic E-state index is 0.0360. The SMILES string of the molecule is CC1(C)O[C@H]2O[C@]3(C[C@@H]3COC(=O)c3ccccc3)C(O)[C@@H]2O1. The van der Waals surface area contributed by atoms with Crippen LogP contribution in [-0.4, -0.2) is 47.6 Å². The van der Waals surface area contributed by atoms with Crippen molar-refractivity contribution in [2.75, 3.05) is 6.61 Å². The summed E-state index contributed by atoms with van der Waals surface area (Å²) >= 11 is 0. The molecule has 6 heteroatoms. The Hall–Kier alpha value is -1.47. The van der Waals surface area contributed by atoms with Crippen LogP contribution in [0, 0.1) is 5.92 Å². The van der Waals surface area contributed by atoms with Gasteiger partial charge < -0.3 is 24.1 Å². The number of ether oxygens (including phenoxy) is 4. The molecular formula is C17H20O6. The molecule has 0 bridgehead atoms. The summed E-state index contributed by atoms with van der Waals surface area (Å²) in [6.07, 6.45) is -1.18. The van der Waals surface area contributed by atoms with Crippen molar-refractivity contribution in [3.63, 3.8) is 0 Å². The molecule has 1 saturated carbocycles. The molecule has 1 aromatic carbocycles. The molecule has 0 radical (unpaired) electrons. The topological polar surface area (TPSA) is 74.2 Å². The number of carbonyl (C=O) groups is 1. The molecule has 0 amide bonds. The molecule has 1 unspecified atom stereocenters. The molecule has 6 nitrogen and oxygen atoms in total. The number of benzene rings is 1. The van der Waals surface area contributed by atoms with Crippen molar-refractivity contribution < 1.29 is 28.8 Å². The van der Waals surface area contributed by atoms with Crippen molar-refractivity contribution >= 4 is 5.97 Å². The highest BCUT2D eigenvalue weighted by atomic mass is 16.8. The van der Waals surface area contributed by atoms with Gasteiger partial charge in [0, 0.05) is 5.92 Å². The van der Waals surface area contributed by atoms with E-state index in [-0.39, 0.29) is 18.5 Å². The number of fused-ring (bicyclic) bond motifs is 1. The molecule has 2 aliphatic heterocycles. The Morgan fingerprint density at radius 3 is 2.70 bits per heavy atom. The van der Waals surface area contributed by atoms with Crippen LogP contribution in [0.15, 0.2) is 30.3 Å². The Balaban J connectivity index is 1.35. The molecule has 3 fully saturated rings. The van der Waals surface area contributed by atoms with Gasteiger partial charge in [0.2, 0.25) is 0 Å². The molecule has 1 spiro atoms. The monoisotopic (exact) mass is 320 g/mol. The first-order valence-electron chi connectivity index (χ1n) is 7.85. The molecule has 5 atom stereocenters. The van der Waals surface area contributed by atoms with E-state index < -0.39 is 29.9 Å². The second-order valence-electron chi connectivity index (χ2n) is 6.85. The Morgan fingerprint density at radius 1 is 1.26 bits per heavy atom. The van der Waals surface area contributed by atoms with E-state index in [0.717, 1.165) is 0 Å². The first-order chi connectivity index (χ1) is 10.9. The van der Waals surface area contributed by atoms with Crippen LogP contribution in [0.5, 0.6) is 0 Å². The summed E-state index contributed by atoms with van der Waals surface area (Å²) in [4.78, 5) is 12.0. The lowest BCUT2D eigenvalue weighted by molar-refractivity contribution is -0.223. The van der Waals surface area contributed by atoms with Crippen LogP contribution in [0.25, 0.3) is 0 Å². The molecule has 23 heavy (non-hydrogen) atoms. The van der Waals surface area contributed by atoms with Crippen LogP contribution in [0.1, 0.15) is 30.6 Å². The number of esters is 1. The van der Waals surface area contributed by atoms with E-state index in [1.54, 1.807) is 38.1 Å². The quantitative estimate of drug-likeness (QED) is 0.850. The third-order valence-corrected chi connectivity index (χ3v) is 4.76. The number of hydrogen-bond acceptors (Lipinski definition) is 6. The van der Waals surface area contributed by atoms with Gasteiger partial charge in [-0.15, -0.1) is 0 Å². The highest BCUT2D eigenvalue weighted by Gasteiger charge is 2.72. The number of carbonyl (C=O) groups excluding carboxylic acids is 1. The normalized spacial score (nSPS) is 40.1. The van der Waals surface area contributed by atoms with Gasteiger partial charge in [0.15, 0.2) is 12.1 Å². The van der Waals surface area contributed by atoms with Crippen molar-refractivity contribution in [1.29, 1.82) is 0 Å². The lowest BCUT2D eigenvalue weighted by Crippen LogP contribution is -2.37. The van der Waals surface area contributed by atoms with Crippen LogP contribution >= 0.6 is 0 Å². The highest BCUT2D eigenvalue weighted by molar-refractivity contribution is 5.89. The zero-order valence-electron chi connectivity index (χ0n) is 13.1. The number of hydrogen-bond donors (Lipinski definition) is 1. The molecule has 124 valence electrons. The minimum atomic E-state index is -0.769. The maximum absolute atomic E-state index is 12.0. The van der Waals surface area contributed by atoms with Gasteiger partial charge in [0.1, 0.15) is 17.8 Å². The van der Waals surface area contributed by atoms with E-state index in [0.29, 0.717) is 12.0 Å². The standard InChI is InChI=1S/C17H20O6/c1-16(2)21-12-13(18)17(23-15(12)22-16)8-11(17)9-20-14(19)10-6-4-3-5-7-10/h3-7,11-13,15,18H,8-9H2,1-2H3/t11-,12+,13?,15+,17+/m1/s1. The van der Waals surface area contributed by atoms with Crippen molar-refractivity contribution in [2.24, 2.45) is 5.92 Å². The van der Waals surface area contributed by atoms with E-state index in [1.807, 2.05) is 6.07 Å². The van der Waals surface area contributed by atoms with E-state index in [2.05, 4.69) is 0 Å². The smallest absolute Gasteiger partial charge is 0.338 e. The molecule has 2 heterocycles. The predicted octanol–water partition coefficient (Wildman–Crippen LogP) is 1.47. The van der Waals surface area contributed by atoms with Crippen LogP contribution in [0.3, 0.4) is 0 Å². The lowest BCUT2D eigenvalue weighted by atomic mass is 10.1. The molecule has 0 aromatic heterocycles. The van der Waals surface area contributed by atoms with E-state index in [1.165, 1.54) is 0 Å². The zero-order valence-corrected chi connectivity index (χ0v) is 13.1. The average Bonchev–Trinajstić information content (AvgIpc) is 3.06. The molecule has 2 saturated heterocycles. The van der Waals surface area contributed by atoms with Crippen LogP contribution < -0.4 is 0 Å². The molecule has 1 N–H and O–H groups in total. The van der Waals surface area contributed by atoms with E-state index in [4.69, 9.17) is 18.9 Å². The van der Waals surface area contributed by atoms with Gasteiger partial charge in [-0.25, -0.2) is 4.79 Å². The van der Waals surface area contributed by atoms with Crippen LogP contribution in [-0.2, 0) is 18.9 Å². The second-order valence-corrected chi connectivity index (χ2v) is 6.85. The van der Waals surface area contributed by atoms with Crippen molar-refractivity contribution in [1.82, 2.24) is 0 Å². The minimum Gasteiger partial charge on any atom is -0.462 e. The Labute approximate surface area is 134 Å². The van der Waals surface area contributed by atoms with Gasteiger partial charge in [0.25, 0.3) is 0 Å². The molecule has 1 aromatic rings. The summed E-state index contributed by atoms with van der Waals surface area (Å²) in [5, 5.41) is 10.5. The number of aliphatic hydroxyl groups is 1. The summed E-state index contributed by atoms with van der Waals surface area (Å²) in [5.41, 5.74) is -0.191. The van der Waals surface area contributed by atoms with Crippen molar-refractivity contribution in [3.8, 4) is 0 Å². The first-order valence-corrected chi connectivity index (χ1v) is 7.85. The van der Waals surface area contributed by atoms with Gasteiger partial charge in [-0.05, 0) is 32.4 Å². The zero-order chi connectivity index (χ0) is 16.2. The van der Waals surface area contributed by atoms with Crippen molar-refractivity contribution in [2.45, 2.75) is 50.2 Å². The van der Waals surface area contributed by atoms with Crippen molar-refractivity contribution in [3.05, 3.63) is 35.9 Å². The summed E-state index contributed by atoms with van der Waals surface area (Å²) in [7, 11) is 0. The van der Waals surface area contributed by atoms with E-state index in [9.17, 15) is 9.90 Å². The Morgan fingerprint density at radius 2 is 2.00 bits per heavy atom. The number of aliphatic hydroxyl groups excluding tert-OH is 1. The third kappa shape index (κ3) is 2.46. The summed E-state index contributed by atoms with van der Waals surface area (Å²) in [6, 6.07) is 8.84. The maximum atomic E-state index is 12.0. The van der Waals surface area contributed by atoms with Gasteiger partial charge in [0.05, 0.1) is 12.2 Å². The summed E-state index contributed by atoms with van der Waals surface area (Å²) in [5.74, 6) is -1.15. The van der Waals surface area contributed by atoms with Crippen LogP contribution in [0.2, 0.25) is 0 Å². The van der Waals surface area contributed by atoms with Gasteiger partial charge in [-0.3, -0.25) is 0 Å². The Kier molecular flexibility index (Phi) is 3.29. The van der Waals surface area contributed by atoms with Gasteiger partial charge in [-0.1, -0.05) is 18.2 Å². The van der Waals surface area contributed by atoms with Gasteiger partial charge in [-0.2, -0.15) is 0 Å². The first kappa shape index (κ1) is 15.1. The molecule has 3 aliphatic rings. The number of rotatable bonds is 3.